The fraction of sp³-hybridized carbons (Fsp3) is 0.0882. The van der Waals surface area contributed by atoms with Gasteiger partial charge in [0, 0.05) is 28.9 Å². The summed E-state index contributed by atoms with van der Waals surface area (Å²) in [7, 11) is 3.09. The molecule has 0 spiro atoms. The highest BCUT2D eigenvalue weighted by molar-refractivity contribution is 6.01. The maximum absolute atomic E-state index is 14.2. The summed E-state index contributed by atoms with van der Waals surface area (Å²) in [6.07, 6.45) is 3.99. The van der Waals surface area contributed by atoms with E-state index < -0.39 is 0 Å². The van der Waals surface area contributed by atoms with E-state index in [-0.39, 0.29) is 29.9 Å². The number of anilines is 4. The largest absolute Gasteiger partial charge is 0.497 e. The molecule has 2 heterocycles. The van der Waals surface area contributed by atoms with Crippen molar-refractivity contribution in [3.05, 3.63) is 120 Å². The van der Waals surface area contributed by atoms with E-state index in [4.69, 9.17) is 14.5 Å². The van der Waals surface area contributed by atoms with E-state index in [1.165, 1.54) is 12.2 Å². The van der Waals surface area contributed by atoms with Crippen LogP contribution < -0.4 is 31.0 Å². The Kier molecular flexibility index (Phi) is 8.99. The molecule has 0 aliphatic heterocycles. The number of ether oxygens (including phenoxy) is 2. The number of methoxy groups -OCH3 is 2. The van der Waals surface area contributed by atoms with Crippen molar-refractivity contribution in [2.24, 2.45) is 0 Å². The molecule has 3 aromatic carbocycles. The highest BCUT2D eigenvalue weighted by Crippen LogP contribution is 2.30. The zero-order valence-corrected chi connectivity index (χ0v) is 24.7. The predicted octanol–water partition coefficient (Wildman–Crippen LogP) is 5.52. The van der Waals surface area contributed by atoms with Gasteiger partial charge in [0.1, 0.15) is 17.1 Å². The van der Waals surface area contributed by atoms with Gasteiger partial charge in [-0.25, -0.2) is 4.98 Å². The minimum atomic E-state index is -0.366. The molecule has 226 valence electrons. The number of amides is 2. The topological polar surface area (TPSA) is 136 Å². The Bertz CT molecular complexity index is 1960. The molecule has 2 aromatic heterocycles. The maximum Gasteiger partial charge on any atom is 0.260 e. The normalized spacial score (nSPS) is 10.5. The third kappa shape index (κ3) is 6.89. The molecule has 3 N–H and O–H groups in total. The van der Waals surface area contributed by atoms with Crippen molar-refractivity contribution in [3.63, 3.8) is 0 Å². The van der Waals surface area contributed by atoms with Gasteiger partial charge in [-0.3, -0.25) is 19.0 Å². The van der Waals surface area contributed by atoms with Crippen molar-refractivity contribution >= 4 is 45.9 Å². The van der Waals surface area contributed by atoms with Crippen LogP contribution in [-0.4, -0.2) is 40.6 Å². The van der Waals surface area contributed by atoms with Crippen LogP contribution in [0.15, 0.2) is 109 Å². The summed E-state index contributed by atoms with van der Waals surface area (Å²) in [4.78, 5) is 47.1. The third-order valence-corrected chi connectivity index (χ3v) is 6.85. The Balaban J connectivity index is 1.62. The summed E-state index contributed by atoms with van der Waals surface area (Å²) < 4.78 is 12.4. The zero-order chi connectivity index (χ0) is 31.9. The Hall–Kier alpha value is -6.23. The Morgan fingerprint density at radius 3 is 2.16 bits per heavy atom. The molecule has 45 heavy (non-hydrogen) atoms. The Morgan fingerprint density at radius 1 is 0.867 bits per heavy atom. The van der Waals surface area contributed by atoms with Gasteiger partial charge in [0.25, 0.3) is 5.56 Å². The molecule has 0 saturated heterocycles. The molecule has 0 unspecified atom stereocenters. The molecule has 11 nitrogen and oxygen atoms in total. The average molecular weight is 603 g/mol. The number of aromatic nitrogens is 3. The van der Waals surface area contributed by atoms with Crippen LogP contribution in [0, 0.1) is 0 Å². The van der Waals surface area contributed by atoms with Gasteiger partial charge in [0.05, 0.1) is 32.1 Å². The lowest BCUT2D eigenvalue weighted by atomic mass is 10.0. The summed E-state index contributed by atoms with van der Waals surface area (Å²) in [5, 5.41) is 9.22. The summed E-state index contributed by atoms with van der Waals surface area (Å²) in [5.74, 6) is 0.591. The quantitative estimate of drug-likeness (QED) is 0.168. The average Bonchev–Trinajstić information content (AvgIpc) is 3.07. The first-order valence-corrected chi connectivity index (χ1v) is 13.8. The molecule has 0 saturated carbocycles. The van der Waals surface area contributed by atoms with Gasteiger partial charge < -0.3 is 25.4 Å². The summed E-state index contributed by atoms with van der Waals surface area (Å²) in [6, 6.07) is 21.2. The highest BCUT2D eigenvalue weighted by Gasteiger charge is 2.17. The van der Waals surface area contributed by atoms with Gasteiger partial charge in [-0.15, -0.1) is 0 Å². The standard InChI is InChI=1S/C34H30N6O5/c1-5-30(41)36-24-13-11-21(12-14-24)20-40-32-23(17-27(33(40)43)22-15-25(44-3)18-26(16-22)45-4)19-35-34(39-32)38-29-10-8-7-9-28(29)37-31(42)6-2/h5-19H,1-2,20H2,3-4H3,(H,36,41)(H,37,42)(H,35,38,39). The van der Waals surface area contributed by atoms with Gasteiger partial charge in [-0.05, 0) is 65.7 Å². The van der Waals surface area contributed by atoms with Crippen LogP contribution in [-0.2, 0) is 16.1 Å². The number of fused-ring (bicyclic) bond motifs is 1. The number of nitrogens with one attached hydrogen (secondary N) is 3. The van der Waals surface area contributed by atoms with Gasteiger partial charge in [-0.2, -0.15) is 4.98 Å². The van der Waals surface area contributed by atoms with E-state index in [0.29, 0.717) is 50.7 Å². The molecule has 0 aliphatic rings. The lowest BCUT2D eigenvalue weighted by Crippen LogP contribution is -2.24. The van der Waals surface area contributed by atoms with Crippen molar-refractivity contribution in [3.8, 4) is 22.6 Å². The molecule has 0 radical (unpaired) electrons. The van der Waals surface area contributed by atoms with E-state index in [1.807, 2.05) is 12.1 Å². The number of nitrogens with zero attached hydrogens (tertiary/aromatic N) is 3. The van der Waals surface area contributed by atoms with E-state index in [0.717, 1.165) is 5.56 Å². The van der Waals surface area contributed by atoms with E-state index >= 15 is 0 Å². The monoisotopic (exact) mass is 602 g/mol. The molecule has 0 aliphatic carbocycles. The molecule has 0 fully saturated rings. The summed E-state index contributed by atoms with van der Waals surface area (Å²) in [6.45, 7) is 7.14. The molecule has 2 amide bonds. The lowest BCUT2D eigenvalue weighted by Gasteiger charge is -2.16. The van der Waals surface area contributed by atoms with Crippen molar-refractivity contribution in [2.45, 2.75) is 6.54 Å². The SMILES string of the molecule is C=CC(=O)Nc1ccc(Cn2c(=O)c(-c3cc(OC)cc(OC)c3)cc3cnc(Nc4ccccc4NC(=O)C=C)nc32)cc1. The first-order valence-electron chi connectivity index (χ1n) is 13.8. The van der Waals surface area contributed by atoms with Gasteiger partial charge in [-0.1, -0.05) is 37.4 Å². The predicted molar refractivity (Wildman–Crippen MR) is 175 cm³/mol. The number of hydrogen-bond acceptors (Lipinski definition) is 8. The first kappa shape index (κ1) is 30.2. The third-order valence-electron chi connectivity index (χ3n) is 6.85. The van der Waals surface area contributed by atoms with Gasteiger partial charge in [0.2, 0.25) is 17.8 Å². The van der Waals surface area contributed by atoms with Crippen LogP contribution in [0.4, 0.5) is 23.0 Å². The number of rotatable bonds is 11. The molecular weight excluding hydrogens is 572 g/mol. The van der Waals surface area contributed by atoms with Crippen molar-refractivity contribution in [2.75, 3.05) is 30.2 Å². The van der Waals surface area contributed by atoms with Crippen LogP contribution in [0.3, 0.4) is 0 Å². The highest BCUT2D eigenvalue weighted by atomic mass is 16.5. The number of carbonyl (C=O) groups excluding carboxylic acids is 2. The number of para-hydroxylation sites is 2. The maximum atomic E-state index is 14.2. The summed E-state index contributed by atoms with van der Waals surface area (Å²) in [5.41, 5.74) is 3.53. The molecule has 5 aromatic rings. The van der Waals surface area contributed by atoms with E-state index in [2.05, 4.69) is 34.1 Å². The molecule has 11 heteroatoms. The van der Waals surface area contributed by atoms with Crippen LogP contribution in [0.25, 0.3) is 22.2 Å². The van der Waals surface area contributed by atoms with Crippen molar-refractivity contribution in [1.82, 2.24) is 14.5 Å². The fourth-order valence-corrected chi connectivity index (χ4v) is 4.61. The van der Waals surface area contributed by atoms with Crippen molar-refractivity contribution in [1.29, 1.82) is 0 Å². The number of carbonyl (C=O) groups is 2. The lowest BCUT2D eigenvalue weighted by molar-refractivity contribution is -0.112. The molecule has 0 atom stereocenters. The second-order valence-corrected chi connectivity index (χ2v) is 9.78. The van der Waals surface area contributed by atoms with Crippen LogP contribution in [0.2, 0.25) is 0 Å². The molecule has 5 rings (SSSR count). The number of pyridine rings is 1. The van der Waals surface area contributed by atoms with Crippen LogP contribution >= 0.6 is 0 Å². The number of benzene rings is 3. The van der Waals surface area contributed by atoms with Gasteiger partial charge in [0.15, 0.2) is 0 Å². The van der Waals surface area contributed by atoms with Crippen molar-refractivity contribution < 1.29 is 19.1 Å². The summed E-state index contributed by atoms with van der Waals surface area (Å²) >= 11 is 0. The Labute approximate surface area is 258 Å². The zero-order valence-electron chi connectivity index (χ0n) is 24.7. The van der Waals surface area contributed by atoms with Crippen LogP contribution in [0.1, 0.15) is 5.56 Å². The Morgan fingerprint density at radius 2 is 1.51 bits per heavy atom. The smallest absolute Gasteiger partial charge is 0.260 e. The second kappa shape index (κ2) is 13.4. The van der Waals surface area contributed by atoms with E-state index in [9.17, 15) is 14.4 Å². The van der Waals surface area contributed by atoms with E-state index in [1.54, 1.807) is 85.6 Å². The van der Waals surface area contributed by atoms with Gasteiger partial charge >= 0.3 is 0 Å². The molecule has 0 bridgehead atoms. The second-order valence-electron chi connectivity index (χ2n) is 9.78. The van der Waals surface area contributed by atoms with Crippen LogP contribution in [0.5, 0.6) is 11.5 Å². The first-order chi connectivity index (χ1) is 21.8. The minimum absolute atomic E-state index is 0.169. The number of hydrogen-bond donors (Lipinski definition) is 3. The molecular formula is C34H30N6O5. The fourth-order valence-electron chi connectivity index (χ4n) is 4.61. The minimum Gasteiger partial charge on any atom is -0.497 e.